The SMILES string of the molecule is C#Cc1ccc2c(c1)-c1nnc(COCC)n1Cc1c(-c3cc(C)on3)ncn1-2. The minimum atomic E-state index is 0.375. The fourth-order valence-corrected chi connectivity index (χ4v) is 3.59. The Hall–Kier alpha value is -3.70. The topological polar surface area (TPSA) is 83.8 Å². The number of nitrogens with zero attached hydrogens (tertiary/aromatic N) is 6. The molecule has 0 spiro atoms. The fourth-order valence-electron chi connectivity index (χ4n) is 3.59. The summed E-state index contributed by atoms with van der Waals surface area (Å²) in [5.41, 5.74) is 5.03. The molecule has 29 heavy (non-hydrogen) atoms. The molecule has 0 atom stereocenters. The van der Waals surface area contributed by atoms with E-state index in [4.69, 9.17) is 15.7 Å². The van der Waals surface area contributed by atoms with Crippen molar-refractivity contribution in [3.8, 4) is 40.8 Å². The molecule has 5 rings (SSSR count). The first-order valence-corrected chi connectivity index (χ1v) is 9.30. The maximum atomic E-state index is 5.64. The Kier molecular flexibility index (Phi) is 4.03. The van der Waals surface area contributed by atoms with Crippen LogP contribution >= 0.6 is 0 Å². The predicted octanol–water partition coefficient (Wildman–Crippen LogP) is 2.97. The quantitative estimate of drug-likeness (QED) is 0.442. The van der Waals surface area contributed by atoms with E-state index in [1.807, 2.05) is 47.2 Å². The first kappa shape index (κ1) is 17.4. The highest BCUT2D eigenvalue weighted by atomic mass is 16.5. The molecule has 0 fully saturated rings. The molecule has 1 aliphatic heterocycles. The van der Waals surface area contributed by atoms with Crippen LogP contribution in [0.25, 0.3) is 28.5 Å². The Morgan fingerprint density at radius 2 is 2.17 bits per heavy atom. The van der Waals surface area contributed by atoms with Gasteiger partial charge in [0.25, 0.3) is 0 Å². The molecule has 0 radical (unpaired) electrons. The largest absolute Gasteiger partial charge is 0.374 e. The lowest BCUT2D eigenvalue weighted by atomic mass is 10.1. The number of aryl methyl sites for hydroxylation is 1. The van der Waals surface area contributed by atoms with E-state index in [9.17, 15) is 0 Å². The number of imidazole rings is 1. The summed E-state index contributed by atoms with van der Waals surface area (Å²) >= 11 is 0. The van der Waals surface area contributed by atoms with E-state index < -0.39 is 0 Å². The molecular formula is C21H18N6O2. The van der Waals surface area contributed by atoms with Crippen LogP contribution in [-0.2, 0) is 17.9 Å². The van der Waals surface area contributed by atoms with Gasteiger partial charge in [0.15, 0.2) is 11.6 Å². The van der Waals surface area contributed by atoms with Gasteiger partial charge in [-0.2, -0.15) is 0 Å². The van der Waals surface area contributed by atoms with E-state index in [0.29, 0.717) is 25.5 Å². The number of rotatable bonds is 4. The molecular weight excluding hydrogens is 368 g/mol. The van der Waals surface area contributed by atoms with Gasteiger partial charge in [-0.1, -0.05) is 11.1 Å². The van der Waals surface area contributed by atoms with Gasteiger partial charge in [0.2, 0.25) is 0 Å². The van der Waals surface area contributed by atoms with Crippen molar-refractivity contribution in [1.29, 1.82) is 0 Å². The number of ether oxygens (including phenoxy) is 1. The molecule has 0 amide bonds. The van der Waals surface area contributed by atoms with E-state index in [1.54, 1.807) is 6.33 Å². The second-order valence-corrected chi connectivity index (χ2v) is 6.77. The van der Waals surface area contributed by atoms with Crippen molar-refractivity contribution < 1.29 is 9.26 Å². The van der Waals surface area contributed by atoms with Gasteiger partial charge >= 0.3 is 0 Å². The van der Waals surface area contributed by atoms with Crippen molar-refractivity contribution >= 4 is 0 Å². The molecule has 144 valence electrons. The van der Waals surface area contributed by atoms with Crippen LogP contribution in [0.1, 0.15) is 29.8 Å². The molecule has 4 aromatic rings. The van der Waals surface area contributed by atoms with Gasteiger partial charge in [-0.25, -0.2) is 4.98 Å². The summed E-state index contributed by atoms with van der Waals surface area (Å²) < 4.78 is 15.0. The average Bonchev–Trinajstić information content (AvgIpc) is 3.43. The Balaban J connectivity index is 1.76. The summed E-state index contributed by atoms with van der Waals surface area (Å²) in [7, 11) is 0. The third kappa shape index (κ3) is 2.75. The van der Waals surface area contributed by atoms with Gasteiger partial charge in [-0.15, -0.1) is 16.6 Å². The Morgan fingerprint density at radius 1 is 1.28 bits per heavy atom. The van der Waals surface area contributed by atoms with Crippen LogP contribution in [0.3, 0.4) is 0 Å². The number of benzene rings is 1. The summed E-state index contributed by atoms with van der Waals surface area (Å²) in [6.45, 7) is 5.31. The number of aromatic nitrogens is 6. The molecule has 0 bridgehead atoms. The lowest BCUT2D eigenvalue weighted by Crippen LogP contribution is -2.09. The van der Waals surface area contributed by atoms with E-state index in [0.717, 1.165) is 45.6 Å². The zero-order valence-corrected chi connectivity index (χ0v) is 16.1. The highest BCUT2D eigenvalue weighted by molar-refractivity contribution is 5.73. The summed E-state index contributed by atoms with van der Waals surface area (Å²) in [6.07, 6.45) is 7.44. The minimum absolute atomic E-state index is 0.375. The molecule has 4 heterocycles. The molecule has 0 N–H and O–H groups in total. The van der Waals surface area contributed by atoms with Gasteiger partial charge in [-0.3, -0.25) is 4.57 Å². The number of fused-ring (bicyclic) bond motifs is 5. The van der Waals surface area contributed by atoms with Crippen molar-refractivity contribution in [2.24, 2.45) is 0 Å². The zero-order valence-electron chi connectivity index (χ0n) is 16.1. The van der Waals surface area contributed by atoms with Crippen LogP contribution < -0.4 is 0 Å². The second-order valence-electron chi connectivity index (χ2n) is 6.77. The molecule has 3 aromatic heterocycles. The van der Waals surface area contributed by atoms with Crippen molar-refractivity contribution in [1.82, 2.24) is 29.5 Å². The maximum absolute atomic E-state index is 5.64. The molecule has 1 aliphatic rings. The van der Waals surface area contributed by atoms with Crippen molar-refractivity contribution in [3.05, 3.63) is 53.4 Å². The van der Waals surface area contributed by atoms with Crippen LogP contribution in [0.5, 0.6) is 0 Å². The summed E-state index contributed by atoms with van der Waals surface area (Å²) in [4.78, 5) is 4.63. The molecule has 8 heteroatoms. The van der Waals surface area contributed by atoms with Crippen molar-refractivity contribution in [3.63, 3.8) is 0 Å². The van der Waals surface area contributed by atoms with Crippen LogP contribution in [0.15, 0.2) is 35.1 Å². The molecule has 1 aromatic carbocycles. The minimum Gasteiger partial charge on any atom is -0.374 e. The van der Waals surface area contributed by atoms with Crippen LogP contribution in [0, 0.1) is 19.3 Å². The smallest absolute Gasteiger partial charge is 0.166 e. The zero-order chi connectivity index (χ0) is 20.0. The van der Waals surface area contributed by atoms with Crippen molar-refractivity contribution in [2.45, 2.75) is 27.0 Å². The van der Waals surface area contributed by atoms with E-state index >= 15 is 0 Å². The van der Waals surface area contributed by atoms with Gasteiger partial charge < -0.3 is 13.8 Å². The average molecular weight is 386 g/mol. The first-order chi connectivity index (χ1) is 14.2. The summed E-state index contributed by atoms with van der Waals surface area (Å²) in [5.74, 6) is 4.92. The van der Waals surface area contributed by atoms with Crippen LogP contribution in [-0.4, -0.2) is 36.1 Å². The molecule has 0 unspecified atom stereocenters. The van der Waals surface area contributed by atoms with Crippen molar-refractivity contribution in [2.75, 3.05) is 6.61 Å². The number of terminal acetylenes is 1. The molecule has 0 aliphatic carbocycles. The Labute approximate surface area is 167 Å². The summed E-state index contributed by atoms with van der Waals surface area (Å²) in [5, 5.41) is 13.0. The third-order valence-corrected chi connectivity index (χ3v) is 4.97. The Bertz CT molecular complexity index is 1260. The highest BCUT2D eigenvalue weighted by Gasteiger charge is 2.27. The van der Waals surface area contributed by atoms with Crippen LogP contribution in [0.2, 0.25) is 0 Å². The highest BCUT2D eigenvalue weighted by Crippen LogP contribution is 2.35. The van der Waals surface area contributed by atoms with Gasteiger partial charge in [0.05, 0.1) is 17.9 Å². The maximum Gasteiger partial charge on any atom is 0.166 e. The third-order valence-electron chi connectivity index (χ3n) is 4.97. The fraction of sp³-hybridized carbons (Fsp3) is 0.238. The number of hydrogen-bond donors (Lipinski definition) is 0. The van der Waals surface area contributed by atoms with Crippen LogP contribution in [0.4, 0.5) is 0 Å². The van der Waals surface area contributed by atoms with E-state index in [1.165, 1.54) is 0 Å². The van der Waals surface area contributed by atoms with Gasteiger partial charge in [-0.05, 0) is 32.0 Å². The standard InChI is InChI=1S/C21H18N6O2/c1-4-14-6-7-17-15(9-14)21-24-23-19(11-28-5-2)26(21)10-18-20(22-12-27(17)18)16-8-13(3)29-25-16/h1,6-9,12H,5,10-11H2,2-3H3. The number of hydrogen-bond acceptors (Lipinski definition) is 6. The van der Waals surface area contributed by atoms with E-state index in [-0.39, 0.29) is 0 Å². The van der Waals surface area contributed by atoms with Gasteiger partial charge in [0.1, 0.15) is 30.1 Å². The lowest BCUT2D eigenvalue weighted by Gasteiger charge is -2.09. The molecule has 8 nitrogen and oxygen atoms in total. The van der Waals surface area contributed by atoms with E-state index in [2.05, 4.69) is 26.3 Å². The molecule has 0 saturated heterocycles. The normalized spacial score (nSPS) is 12.0. The second kappa shape index (κ2) is 6.72. The molecule has 0 saturated carbocycles. The predicted molar refractivity (Wildman–Crippen MR) is 105 cm³/mol. The lowest BCUT2D eigenvalue weighted by molar-refractivity contribution is 0.125. The summed E-state index contributed by atoms with van der Waals surface area (Å²) in [6, 6.07) is 7.73. The monoisotopic (exact) mass is 386 g/mol. The first-order valence-electron chi connectivity index (χ1n) is 9.30. The Morgan fingerprint density at radius 3 is 2.93 bits per heavy atom. The van der Waals surface area contributed by atoms with Gasteiger partial charge in [0, 0.05) is 23.8 Å².